The van der Waals surface area contributed by atoms with Crippen LogP contribution in [-0.4, -0.2) is 50.3 Å². The molecule has 1 amide bonds. The highest BCUT2D eigenvalue weighted by molar-refractivity contribution is 5.73. The fraction of sp³-hybridized carbons (Fsp3) is 0.306. The van der Waals surface area contributed by atoms with E-state index in [2.05, 4.69) is 5.32 Å². The molecule has 4 aromatic carbocycles. The number of amides is 1. The summed E-state index contributed by atoms with van der Waals surface area (Å²) < 4.78 is 37.7. The molecule has 8 nitrogen and oxygen atoms in total. The monoisotopic (exact) mass is 597 g/mol. The maximum Gasteiger partial charge on any atom is 0.223 e. The molecule has 1 heterocycles. The normalized spacial score (nSPS) is 21.4. The van der Waals surface area contributed by atoms with Crippen LogP contribution in [0.5, 0.6) is 11.5 Å². The lowest BCUT2D eigenvalue weighted by molar-refractivity contribution is -0.270. The minimum absolute atomic E-state index is 0.213. The summed E-state index contributed by atoms with van der Waals surface area (Å²) in [4.78, 5) is 12.6. The van der Waals surface area contributed by atoms with Crippen LogP contribution in [0.4, 0.5) is 0 Å². The summed E-state index contributed by atoms with van der Waals surface area (Å²) in [6, 6.07) is 36.3. The summed E-state index contributed by atoms with van der Waals surface area (Å²) in [5, 5.41) is 3.03. The van der Waals surface area contributed by atoms with Gasteiger partial charge in [0, 0.05) is 13.0 Å². The average Bonchev–Trinajstić information content (AvgIpc) is 3.06. The Labute approximate surface area is 258 Å². The van der Waals surface area contributed by atoms with E-state index in [1.807, 2.05) is 109 Å². The third-order valence-corrected chi connectivity index (χ3v) is 7.27. The van der Waals surface area contributed by atoms with Gasteiger partial charge in [0.15, 0.2) is 0 Å². The first kappa shape index (κ1) is 31.2. The maximum atomic E-state index is 12.6. The van der Waals surface area contributed by atoms with E-state index in [1.165, 1.54) is 6.92 Å². The Morgan fingerprint density at radius 3 is 1.82 bits per heavy atom. The van der Waals surface area contributed by atoms with Crippen LogP contribution < -0.4 is 14.8 Å². The highest BCUT2D eigenvalue weighted by atomic mass is 16.7. The predicted molar refractivity (Wildman–Crippen MR) is 166 cm³/mol. The zero-order chi connectivity index (χ0) is 30.6. The minimum Gasteiger partial charge on any atom is -0.497 e. The van der Waals surface area contributed by atoms with Crippen LogP contribution in [0.15, 0.2) is 115 Å². The van der Waals surface area contributed by atoms with E-state index in [0.29, 0.717) is 31.3 Å². The molecule has 1 saturated heterocycles. The predicted octanol–water partition coefficient (Wildman–Crippen LogP) is 5.69. The Balaban J connectivity index is 1.45. The van der Waals surface area contributed by atoms with Gasteiger partial charge < -0.3 is 33.7 Å². The molecule has 0 bridgehead atoms. The van der Waals surface area contributed by atoms with Crippen LogP contribution in [-0.2, 0) is 43.6 Å². The molecule has 0 radical (unpaired) electrons. The third-order valence-electron chi connectivity index (χ3n) is 7.27. The number of carbonyl (C=O) groups excluding carboxylic acids is 1. The molecule has 0 aromatic heterocycles. The second kappa shape index (κ2) is 16.0. The lowest BCUT2D eigenvalue weighted by Gasteiger charge is -2.46. The molecule has 0 spiro atoms. The lowest BCUT2D eigenvalue weighted by Crippen LogP contribution is -2.66. The van der Waals surface area contributed by atoms with Crippen molar-refractivity contribution in [1.82, 2.24) is 5.32 Å². The second-order valence-electron chi connectivity index (χ2n) is 10.6. The first-order valence-corrected chi connectivity index (χ1v) is 14.7. The number of hydrogen-bond acceptors (Lipinski definition) is 7. The Morgan fingerprint density at radius 2 is 1.25 bits per heavy atom. The van der Waals surface area contributed by atoms with Crippen molar-refractivity contribution >= 4 is 5.91 Å². The highest BCUT2D eigenvalue weighted by Crippen LogP contribution is 2.31. The highest BCUT2D eigenvalue weighted by Gasteiger charge is 2.49. The van der Waals surface area contributed by atoms with E-state index in [1.54, 1.807) is 13.2 Å². The number of methoxy groups -OCH3 is 1. The van der Waals surface area contributed by atoms with E-state index in [4.69, 9.17) is 28.4 Å². The molecule has 1 aliphatic heterocycles. The molecule has 0 unspecified atom stereocenters. The van der Waals surface area contributed by atoms with E-state index in [0.717, 1.165) is 16.7 Å². The van der Waals surface area contributed by atoms with Gasteiger partial charge in [0.25, 0.3) is 0 Å². The third kappa shape index (κ3) is 8.90. The van der Waals surface area contributed by atoms with Crippen molar-refractivity contribution in [3.05, 3.63) is 132 Å². The van der Waals surface area contributed by atoms with Gasteiger partial charge in [-0.25, -0.2) is 0 Å². The van der Waals surface area contributed by atoms with Gasteiger partial charge >= 0.3 is 0 Å². The van der Waals surface area contributed by atoms with Crippen molar-refractivity contribution in [2.24, 2.45) is 0 Å². The van der Waals surface area contributed by atoms with Crippen molar-refractivity contribution in [1.29, 1.82) is 0 Å². The molecule has 5 rings (SSSR count). The van der Waals surface area contributed by atoms with E-state index < -0.39 is 30.6 Å². The van der Waals surface area contributed by atoms with Gasteiger partial charge in [-0.2, -0.15) is 0 Å². The fourth-order valence-electron chi connectivity index (χ4n) is 5.14. The standard InChI is InChI=1S/C36H39NO7/c1-26(38)37-33-35(42-24-29-17-10-5-11-18-29)34(41-23-28-15-8-4-9-16-28)32(25-40-22-27-13-6-3-7-14-27)44-36(33)43-31-20-12-19-30(21-31)39-2/h3-21,32-36H,22-25H2,1-2H3,(H,37,38)/t32-,33-,34+,35-,36+/m1/s1. The lowest BCUT2D eigenvalue weighted by atomic mass is 9.95. The Morgan fingerprint density at radius 1 is 0.705 bits per heavy atom. The summed E-state index contributed by atoms with van der Waals surface area (Å²) in [5.74, 6) is 0.920. The summed E-state index contributed by atoms with van der Waals surface area (Å²) in [7, 11) is 1.60. The van der Waals surface area contributed by atoms with Crippen LogP contribution in [0.3, 0.4) is 0 Å². The minimum atomic E-state index is -0.909. The van der Waals surface area contributed by atoms with Gasteiger partial charge in [-0.1, -0.05) is 97.1 Å². The number of ether oxygens (including phenoxy) is 6. The van der Waals surface area contributed by atoms with Gasteiger partial charge in [0.05, 0.1) is 33.5 Å². The van der Waals surface area contributed by atoms with Gasteiger partial charge in [-0.15, -0.1) is 0 Å². The summed E-state index contributed by atoms with van der Waals surface area (Å²) >= 11 is 0. The van der Waals surface area contributed by atoms with Crippen molar-refractivity contribution < 1.29 is 33.2 Å². The molecule has 1 fully saturated rings. The van der Waals surface area contributed by atoms with Crippen LogP contribution in [0.25, 0.3) is 0 Å². The summed E-state index contributed by atoms with van der Waals surface area (Å²) in [6.45, 7) is 2.70. The first-order valence-electron chi connectivity index (χ1n) is 14.7. The fourth-order valence-corrected chi connectivity index (χ4v) is 5.14. The van der Waals surface area contributed by atoms with E-state index in [-0.39, 0.29) is 12.5 Å². The quantitative estimate of drug-likeness (QED) is 0.200. The topological polar surface area (TPSA) is 84.5 Å². The van der Waals surface area contributed by atoms with E-state index in [9.17, 15) is 4.79 Å². The zero-order valence-corrected chi connectivity index (χ0v) is 25.0. The SMILES string of the molecule is COc1cccc(O[C@H]2O[C@H](COCc3ccccc3)[C@H](OCc3ccccc3)[C@H](OCc3ccccc3)[C@H]2NC(C)=O)c1. The van der Waals surface area contributed by atoms with Crippen molar-refractivity contribution in [3.63, 3.8) is 0 Å². The number of rotatable bonds is 14. The second-order valence-corrected chi connectivity index (χ2v) is 10.6. The van der Waals surface area contributed by atoms with Gasteiger partial charge in [0.1, 0.15) is 35.9 Å². The van der Waals surface area contributed by atoms with Crippen molar-refractivity contribution in [2.45, 2.75) is 57.4 Å². The largest absolute Gasteiger partial charge is 0.497 e. The molecular formula is C36H39NO7. The van der Waals surface area contributed by atoms with Gasteiger partial charge in [0.2, 0.25) is 12.2 Å². The van der Waals surface area contributed by atoms with Gasteiger partial charge in [-0.05, 0) is 28.8 Å². The average molecular weight is 598 g/mol. The first-order chi connectivity index (χ1) is 21.6. The molecule has 0 saturated carbocycles. The van der Waals surface area contributed by atoms with E-state index >= 15 is 0 Å². The van der Waals surface area contributed by atoms with Crippen LogP contribution in [0.2, 0.25) is 0 Å². The van der Waals surface area contributed by atoms with Crippen LogP contribution in [0.1, 0.15) is 23.6 Å². The number of benzene rings is 4. The molecule has 4 aromatic rings. The molecule has 1 aliphatic rings. The van der Waals surface area contributed by atoms with Crippen LogP contribution >= 0.6 is 0 Å². The van der Waals surface area contributed by atoms with Crippen LogP contribution in [0, 0.1) is 0 Å². The molecule has 8 heteroatoms. The molecule has 1 N–H and O–H groups in total. The Hall–Kier alpha value is -4.21. The summed E-state index contributed by atoms with van der Waals surface area (Å²) in [5.41, 5.74) is 3.04. The zero-order valence-electron chi connectivity index (χ0n) is 25.0. The van der Waals surface area contributed by atoms with Crippen molar-refractivity contribution in [3.8, 4) is 11.5 Å². The number of hydrogen-bond donors (Lipinski definition) is 1. The molecule has 0 aliphatic carbocycles. The smallest absolute Gasteiger partial charge is 0.223 e. The summed E-state index contributed by atoms with van der Waals surface area (Å²) in [6.07, 6.45) is -2.73. The van der Waals surface area contributed by atoms with Gasteiger partial charge in [-0.3, -0.25) is 4.79 Å². The van der Waals surface area contributed by atoms with Crippen molar-refractivity contribution in [2.75, 3.05) is 13.7 Å². The molecular weight excluding hydrogens is 558 g/mol. The maximum absolute atomic E-state index is 12.6. The Bertz CT molecular complexity index is 1420. The molecule has 230 valence electrons. The molecule has 44 heavy (non-hydrogen) atoms. The Kier molecular flexibility index (Phi) is 11.4. The number of nitrogens with one attached hydrogen (secondary N) is 1. The molecule has 5 atom stereocenters. The number of carbonyl (C=O) groups is 1.